The number of pyridine rings is 1. The molecule has 2 rings (SSSR count). The van der Waals surface area contributed by atoms with Gasteiger partial charge in [0.2, 0.25) is 5.88 Å². The molecule has 0 aliphatic rings. The first-order chi connectivity index (χ1) is 8.62. The molecule has 5 nitrogen and oxygen atoms in total. The first kappa shape index (κ1) is 12.8. The van der Waals surface area contributed by atoms with Crippen LogP contribution in [0.15, 0.2) is 39.9 Å². The number of nitrogens with one attached hydrogen (secondary N) is 1. The van der Waals surface area contributed by atoms with Gasteiger partial charge in [-0.3, -0.25) is 4.72 Å². The van der Waals surface area contributed by atoms with Gasteiger partial charge < -0.3 is 4.74 Å². The Hall–Kier alpha value is -1.60. The number of nitrogens with zero attached hydrogens (tertiary/aromatic N) is 1. The molecular weight excluding hydrogens is 272 g/mol. The molecule has 0 bridgehead atoms. The molecule has 0 amide bonds. The van der Waals surface area contributed by atoms with Crippen molar-refractivity contribution in [3.05, 3.63) is 35.7 Å². The van der Waals surface area contributed by atoms with Gasteiger partial charge in [-0.25, -0.2) is 8.42 Å². The molecule has 0 atom stereocenters. The molecule has 0 unspecified atom stereocenters. The van der Waals surface area contributed by atoms with E-state index in [4.69, 9.17) is 4.74 Å². The molecule has 2 aromatic rings. The molecule has 0 radical (unpaired) electrons. The van der Waals surface area contributed by atoms with Crippen LogP contribution in [0.25, 0.3) is 0 Å². The Balaban J connectivity index is 2.21. The minimum absolute atomic E-state index is 0.245. The summed E-state index contributed by atoms with van der Waals surface area (Å²) in [7, 11) is -3.55. The fraction of sp³-hybridized carbons (Fsp3) is 0.182. The lowest BCUT2D eigenvalue weighted by Crippen LogP contribution is -2.12. The molecule has 0 aliphatic carbocycles. The van der Waals surface area contributed by atoms with E-state index in [0.717, 1.165) is 11.3 Å². The summed E-state index contributed by atoms with van der Waals surface area (Å²) >= 11 is 1.15. The highest BCUT2D eigenvalue weighted by Gasteiger charge is 2.15. The van der Waals surface area contributed by atoms with Crippen LogP contribution in [0.4, 0.5) is 5.82 Å². The molecule has 0 fully saturated rings. The first-order valence-electron chi connectivity index (χ1n) is 5.28. The monoisotopic (exact) mass is 284 g/mol. The average molecular weight is 284 g/mol. The molecule has 18 heavy (non-hydrogen) atoms. The Morgan fingerprint density at radius 2 is 2.17 bits per heavy atom. The summed E-state index contributed by atoms with van der Waals surface area (Å²) in [6.07, 6.45) is 0. The minimum Gasteiger partial charge on any atom is -0.478 e. The summed E-state index contributed by atoms with van der Waals surface area (Å²) in [6.45, 7) is 2.32. The quantitative estimate of drug-likeness (QED) is 0.915. The maximum absolute atomic E-state index is 12.0. The second kappa shape index (κ2) is 5.36. The lowest BCUT2D eigenvalue weighted by atomic mass is 10.4. The van der Waals surface area contributed by atoms with Crippen LogP contribution >= 0.6 is 11.3 Å². The van der Waals surface area contributed by atoms with Gasteiger partial charge in [0.05, 0.1) is 6.61 Å². The second-order valence-electron chi connectivity index (χ2n) is 3.33. The van der Waals surface area contributed by atoms with E-state index in [0.29, 0.717) is 12.5 Å². The van der Waals surface area contributed by atoms with E-state index in [1.807, 2.05) is 6.92 Å². The van der Waals surface area contributed by atoms with E-state index in [1.54, 1.807) is 35.7 Å². The third-order valence-corrected chi connectivity index (χ3v) is 4.77. The van der Waals surface area contributed by atoms with Crippen LogP contribution in [-0.4, -0.2) is 20.0 Å². The SMILES string of the molecule is CCOc1cccc(NS(=O)(=O)c2cccs2)n1. The molecule has 0 saturated heterocycles. The molecular formula is C11H12N2O3S2. The van der Waals surface area contributed by atoms with Crippen LogP contribution in [0.5, 0.6) is 5.88 Å². The number of aromatic nitrogens is 1. The Bertz CT molecular complexity index is 609. The predicted molar refractivity (Wildman–Crippen MR) is 70.5 cm³/mol. The maximum Gasteiger partial charge on any atom is 0.272 e. The van der Waals surface area contributed by atoms with Crippen LogP contribution < -0.4 is 9.46 Å². The standard InChI is InChI=1S/C11H12N2O3S2/c1-2-16-10-6-3-5-9(12-10)13-18(14,15)11-7-4-8-17-11/h3-8H,2H2,1H3,(H,12,13). The van der Waals surface area contributed by atoms with E-state index < -0.39 is 10.0 Å². The van der Waals surface area contributed by atoms with Crippen LogP contribution in [0.2, 0.25) is 0 Å². The molecule has 0 aromatic carbocycles. The first-order valence-corrected chi connectivity index (χ1v) is 7.64. The number of thiophene rings is 1. The van der Waals surface area contributed by atoms with E-state index in [9.17, 15) is 8.42 Å². The minimum atomic E-state index is -3.55. The van der Waals surface area contributed by atoms with Crippen molar-refractivity contribution >= 4 is 27.2 Å². The van der Waals surface area contributed by atoms with Crippen molar-refractivity contribution in [2.45, 2.75) is 11.1 Å². The number of sulfonamides is 1. The molecule has 1 N–H and O–H groups in total. The van der Waals surface area contributed by atoms with Crippen molar-refractivity contribution in [1.29, 1.82) is 0 Å². The zero-order valence-electron chi connectivity index (χ0n) is 9.66. The van der Waals surface area contributed by atoms with E-state index in [-0.39, 0.29) is 10.0 Å². The van der Waals surface area contributed by atoms with Crippen molar-refractivity contribution < 1.29 is 13.2 Å². The summed E-state index contributed by atoms with van der Waals surface area (Å²) in [4.78, 5) is 4.05. The highest BCUT2D eigenvalue weighted by Crippen LogP contribution is 2.20. The third kappa shape index (κ3) is 2.99. The van der Waals surface area contributed by atoms with Crippen LogP contribution in [-0.2, 0) is 10.0 Å². The molecule has 0 aliphatic heterocycles. The van der Waals surface area contributed by atoms with Gasteiger partial charge in [0, 0.05) is 6.07 Å². The van der Waals surface area contributed by atoms with Crippen molar-refractivity contribution in [2.24, 2.45) is 0 Å². The highest BCUT2D eigenvalue weighted by molar-refractivity contribution is 7.94. The van der Waals surface area contributed by atoms with E-state index in [2.05, 4.69) is 9.71 Å². The summed E-state index contributed by atoms with van der Waals surface area (Å²) in [5.41, 5.74) is 0. The smallest absolute Gasteiger partial charge is 0.272 e. The topological polar surface area (TPSA) is 68.3 Å². The largest absolute Gasteiger partial charge is 0.478 e. The Kier molecular flexibility index (Phi) is 3.83. The van der Waals surface area contributed by atoms with Crippen molar-refractivity contribution in [3.63, 3.8) is 0 Å². The average Bonchev–Trinajstić information content (AvgIpc) is 2.83. The molecule has 2 aromatic heterocycles. The molecule has 96 valence electrons. The van der Waals surface area contributed by atoms with Crippen LogP contribution in [0.1, 0.15) is 6.92 Å². The second-order valence-corrected chi connectivity index (χ2v) is 6.19. The number of ether oxygens (including phenoxy) is 1. The van der Waals surface area contributed by atoms with E-state index in [1.165, 1.54) is 0 Å². The lowest BCUT2D eigenvalue weighted by Gasteiger charge is -2.07. The van der Waals surface area contributed by atoms with Gasteiger partial charge >= 0.3 is 0 Å². The Morgan fingerprint density at radius 1 is 1.33 bits per heavy atom. The van der Waals surface area contributed by atoms with Crippen LogP contribution in [0.3, 0.4) is 0 Å². The van der Waals surface area contributed by atoms with Crippen LogP contribution in [0, 0.1) is 0 Å². The molecule has 2 heterocycles. The van der Waals surface area contributed by atoms with E-state index >= 15 is 0 Å². The highest BCUT2D eigenvalue weighted by atomic mass is 32.2. The Morgan fingerprint density at radius 3 is 2.83 bits per heavy atom. The molecule has 7 heteroatoms. The Labute approximate surface area is 110 Å². The maximum atomic E-state index is 12.0. The number of rotatable bonds is 5. The number of hydrogen-bond donors (Lipinski definition) is 1. The summed E-state index contributed by atoms with van der Waals surface area (Å²) < 4.78 is 31.8. The normalized spacial score (nSPS) is 11.2. The lowest BCUT2D eigenvalue weighted by molar-refractivity contribution is 0.327. The summed E-state index contributed by atoms with van der Waals surface area (Å²) in [5.74, 6) is 0.637. The predicted octanol–water partition coefficient (Wildman–Crippen LogP) is 2.34. The number of anilines is 1. The zero-order valence-corrected chi connectivity index (χ0v) is 11.3. The fourth-order valence-corrected chi connectivity index (χ4v) is 3.30. The van der Waals surface area contributed by atoms with Gasteiger partial charge in [-0.2, -0.15) is 4.98 Å². The molecule has 0 spiro atoms. The van der Waals surface area contributed by atoms with Gasteiger partial charge in [-0.1, -0.05) is 12.1 Å². The summed E-state index contributed by atoms with van der Waals surface area (Å²) in [6, 6.07) is 8.16. The van der Waals surface area contributed by atoms with Crippen molar-refractivity contribution in [2.75, 3.05) is 11.3 Å². The number of hydrogen-bond acceptors (Lipinski definition) is 5. The van der Waals surface area contributed by atoms with Gasteiger partial charge in [0.25, 0.3) is 10.0 Å². The molecule has 0 saturated carbocycles. The van der Waals surface area contributed by atoms with Gasteiger partial charge in [-0.05, 0) is 24.4 Å². The van der Waals surface area contributed by atoms with Gasteiger partial charge in [0.15, 0.2) is 0 Å². The van der Waals surface area contributed by atoms with Gasteiger partial charge in [-0.15, -0.1) is 11.3 Å². The zero-order chi connectivity index (χ0) is 13.0. The fourth-order valence-electron chi connectivity index (χ4n) is 1.30. The van der Waals surface area contributed by atoms with Crippen molar-refractivity contribution in [3.8, 4) is 5.88 Å². The summed E-state index contributed by atoms with van der Waals surface area (Å²) in [5, 5.41) is 1.71. The van der Waals surface area contributed by atoms with Crippen molar-refractivity contribution in [1.82, 2.24) is 4.98 Å². The van der Waals surface area contributed by atoms with Gasteiger partial charge in [0.1, 0.15) is 10.0 Å². The third-order valence-electron chi connectivity index (χ3n) is 2.01.